The summed E-state index contributed by atoms with van der Waals surface area (Å²) in [5.41, 5.74) is 1.03. The number of hydrogen-bond donors (Lipinski definition) is 1. The molecule has 1 aromatic rings. The van der Waals surface area contributed by atoms with Crippen LogP contribution in [-0.2, 0) is 6.54 Å². The van der Waals surface area contributed by atoms with Gasteiger partial charge < -0.3 is 19.7 Å². The molecule has 0 aromatic carbocycles. The lowest BCUT2D eigenvalue weighted by Crippen LogP contribution is -2.37. The molecule has 1 heterocycles. The molecule has 114 valence electrons. The minimum absolute atomic E-state index is 0.180. The molecule has 0 aliphatic heterocycles. The second kappa shape index (κ2) is 7.40. The van der Waals surface area contributed by atoms with Crippen molar-refractivity contribution in [3.8, 4) is 11.8 Å². The predicted molar refractivity (Wildman–Crippen MR) is 79.2 cm³/mol. The minimum Gasteiger partial charge on any atom is -0.481 e. The zero-order chi connectivity index (χ0) is 15.2. The Kier molecular flexibility index (Phi) is 6.16. The van der Waals surface area contributed by atoms with Crippen LogP contribution in [0.4, 0.5) is 0 Å². The van der Waals surface area contributed by atoms with Gasteiger partial charge in [0.05, 0.1) is 19.8 Å². The number of rotatable bonds is 8. The molecule has 0 radical (unpaired) electrons. The van der Waals surface area contributed by atoms with Crippen LogP contribution in [-0.4, -0.2) is 56.3 Å². The van der Waals surface area contributed by atoms with Gasteiger partial charge in [0.15, 0.2) is 0 Å². The van der Waals surface area contributed by atoms with Crippen molar-refractivity contribution in [3.05, 3.63) is 11.9 Å². The van der Waals surface area contributed by atoms with E-state index in [9.17, 15) is 0 Å². The van der Waals surface area contributed by atoms with Crippen LogP contribution in [0, 0.1) is 5.41 Å². The molecule has 0 bridgehead atoms. The standard InChI is InChI=1S/C14H26N4O2/c1-14(2,9-18(3)4)8-15-7-11-12(19-5)16-10-17-13(11)20-6/h10,15H,7-9H2,1-6H3. The third kappa shape index (κ3) is 4.94. The van der Waals surface area contributed by atoms with Crippen LogP contribution in [0.5, 0.6) is 11.8 Å². The highest BCUT2D eigenvalue weighted by Crippen LogP contribution is 2.23. The summed E-state index contributed by atoms with van der Waals surface area (Å²) in [6.07, 6.45) is 1.44. The van der Waals surface area contributed by atoms with Crippen LogP contribution in [0.3, 0.4) is 0 Å². The Bertz CT molecular complexity index is 399. The van der Waals surface area contributed by atoms with E-state index in [2.05, 4.69) is 48.1 Å². The molecule has 20 heavy (non-hydrogen) atoms. The Balaban J connectivity index is 2.66. The van der Waals surface area contributed by atoms with Crippen molar-refractivity contribution >= 4 is 0 Å². The minimum atomic E-state index is 0.180. The number of ether oxygens (including phenoxy) is 2. The van der Waals surface area contributed by atoms with Crippen LogP contribution in [0.1, 0.15) is 19.4 Å². The molecular weight excluding hydrogens is 256 g/mol. The largest absolute Gasteiger partial charge is 0.481 e. The quantitative estimate of drug-likeness (QED) is 0.772. The highest BCUT2D eigenvalue weighted by Gasteiger charge is 2.19. The first-order valence-electron chi connectivity index (χ1n) is 6.67. The summed E-state index contributed by atoms with van der Waals surface area (Å²) in [4.78, 5) is 10.4. The molecule has 1 rings (SSSR count). The van der Waals surface area contributed by atoms with E-state index >= 15 is 0 Å². The first-order chi connectivity index (χ1) is 9.39. The molecule has 0 saturated heterocycles. The van der Waals surface area contributed by atoms with Gasteiger partial charge in [0, 0.05) is 19.6 Å². The van der Waals surface area contributed by atoms with Crippen LogP contribution < -0.4 is 14.8 Å². The van der Waals surface area contributed by atoms with Gasteiger partial charge in [0.25, 0.3) is 0 Å². The van der Waals surface area contributed by atoms with Crippen molar-refractivity contribution in [1.29, 1.82) is 0 Å². The van der Waals surface area contributed by atoms with E-state index in [1.807, 2.05) is 0 Å². The van der Waals surface area contributed by atoms with Gasteiger partial charge in [-0.25, -0.2) is 9.97 Å². The Morgan fingerprint density at radius 2 is 1.70 bits per heavy atom. The summed E-state index contributed by atoms with van der Waals surface area (Å²) in [5.74, 6) is 1.10. The fraction of sp³-hybridized carbons (Fsp3) is 0.714. The van der Waals surface area contributed by atoms with Gasteiger partial charge in [0.2, 0.25) is 11.8 Å². The summed E-state index contributed by atoms with van der Waals surface area (Å²) in [7, 11) is 7.36. The monoisotopic (exact) mass is 282 g/mol. The number of methoxy groups -OCH3 is 2. The van der Waals surface area contributed by atoms with Crippen molar-refractivity contribution in [2.45, 2.75) is 20.4 Å². The maximum Gasteiger partial charge on any atom is 0.224 e. The van der Waals surface area contributed by atoms with Gasteiger partial charge >= 0.3 is 0 Å². The lowest BCUT2D eigenvalue weighted by atomic mass is 9.93. The van der Waals surface area contributed by atoms with Gasteiger partial charge in [0.1, 0.15) is 6.33 Å². The summed E-state index contributed by atoms with van der Waals surface area (Å²) in [6.45, 7) is 6.97. The molecule has 6 nitrogen and oxygen atoms in total. The molecule has 0 spiro atoms. The highest BCUT2D eigenvalue weighted by molar-refractivity contribution is 5.34. The Morgan fingerprint density at radius 1 is 1.15 bits per heavy atom. The van der Waals surface area contributed by atoms with E-state index in [4.69, 9.17) is 9.47 Å². The molecule has 0 amide bonds. The number of hydrogen-bond acceptors (Lipinski definition) is 6. The number of nitrogens with one attached hydrogen (secondary N) is 1. The fourth-order valence-electron chi connectivity index (χ4n) is 2.32. The van der Waals surface area contributed by atoms with E-state index in [1.54, 1.807) is 14.2 Å². The van der Waals surface area contributed by atoms with Gasteiger partial charge in [-0.15, -0.1) is 0 Å². The fourth-order valence-corrected chi connectivity index (χ4v) is 2.32. The second-order valence-corrected chi connectivity index (χ2v) is 5.88. The first-order valence-corrected chi connectivity index (χ1v) is 6.67. The zero-order valence-electron chi connectivity index (χ0n) is 13.4. The summed E-state index contributed by atoms with van der Waals surface area (Å²) in [5, 5.41) is 3.43. The Labute approximate surface area is 121 Å². The van der Waals surface area contributed by atoms with Crippen molar-refractivity contribution in [2.75, 3.05) is 41.4 Å². The molecule has 1 aromatic heterocycles. The lowest BCUT2D eigenvalue weighted by molar-refractivity contribution is 0.231. The molecule has 1 N–H and O–H groups in total. The van der Waals surface area contributed by atoms with Crippen LogP contribution in [0.15, 0.2) is 6.33 Å². The van der Waals surface area contributed by atoms with Gasteiger partial charge in [-0.3, -0.25) is 0 Å². The van der Waals surface area contributed by atoms with Crippen molar-refractivity contribution < 1.29 is 9.47 Å². The van der Waals surface area contributed by atoms with Gasteiger partial charge in [-0.2, -0.15) is 0 Å². The smallest absolute Gasteiger partial charge is 0.224 e. The molecule has 0 unspecified atom stereocenters. The van der Waals surface area contributed by atoms with Crippen LogP contribution in [0.25, 0.3) is 0 Å². The maximum absolute atomic E-state index is 5.26. The van der Waals surface area contributed by atoms with E-state index < -0.39 is 0 Å². The van der Waals surface area contributed by atoms with Crippen LogP contribution in [0.2, 0.25) is 0 Å². The highest BCUT2D eigenvalue weighted by atomic mass is 16.5. The van der Waals surface area contributed by atoms with Gasteiger partial charge in [-0.1, -0.05) is 13.8 Å². The first kappa shape index (κ1) is 16.7. The van der Waals surface area contributed by atoms with Crippen molar-refractivity contribution in [1.82, 2.24) is 20.2 Å². The van der Waals surface area contributed by atoms with Crippen molar-refractivity contribution in [3.63, 3.8) is 0 Å². The molecule has 0 atom stereocenters. The Morgan fingerprint density at radius 3 is 2.15 bits per heavy atom. The zero-order valence-corrected chi connectivity index (χ0v) is 13.4. The maximum atomic E-state index is 5.26. The average molecular weight is 282 g/mol. The third-order valence-electron chi connectivity index (χ3n) is 2.90. The molecule has 0 aliphatic rings. The summed E-state index contributed by atoms with van der Waals surface area (Å²) in [6, 6.07) is 0. The topological polar surface area (TPSA) is 59.5 Å². The van der Waals surface area contributed by atoms with E-state index in [0.29, 0.717) is 18.3 Å². The Hall–Kier alpha value is -1.40. The van der Waals surface area contributed by atoms with Crippen LogP contribution >= 0.6 is 0 Å². The molecule has 0 saturated carbocycles. The van der Waals surface area contributed by atoms with Gasteiger partial charge in [-0.05, 0) is 19.5 Å². The predicted octanol–water partition coefficient (Wildman–Crippen LogP) is 1.17. The third-order valence-corrected chi connectivity index (χ3v) is 2.90. The summed E-state index contributed by atoms with van der Waals surface area (Å²) >= 11 is 0. The van der Waals surface area contributed by atoms with E-state index in [-0.39, 0.29) is 5.41 Å². The number of nitrogens with zero attached hydrogens (tertiary/aromatic N) is 3. The molecule has 0 aliphatic carbocycles. The number of aromatic nitrogens is 2. The average Bonchev–Trinajstić information content (AvgIpc) is 2.37. The molecule has 0 fully saturated rings. The van der Waals surface area contributed by atoms with Crippen molar-refractivity contribution in [2.24, 2.45) is 5.41 Å². The lowest BCUT2D eigenvalue weighted by Gasteiger charge is -2.28. The SMILES string of the molecule is COc1ncnc(OC)c1CNCC(C)(C)CN(C)C. The van der Waals surface area contributed by atoms with E-state index in [1.165, 1.54) is 6.33 Å². The van der Waals surface area contributed by atoms with E-state index in [0.717, 1.165) is 18.7 Å². The summed E-state index contributed by atoms with van der Waals surface area (Å²) < 4.78 is 10.5. The normalized spacial score (nSPS) is 11.8. The second-order valence-electron chi connectivity index (χ2n) is 5.88. The molecule has 6 heteroatoms. The molecular formula is C14H26N4O2.